The number of aliphatic carboxylic acids is 1. The van der Waals surface area contributed by atoms with Crippen LogP contribution in [0.15, 0.2) is 105 Å². The predicted octanol–water partition coefficient (Wildman–Crippen LogP) is -0.153. The molecule has 0 amide bonds. The van der Waals surface area contributed by atoms with E-state index in [0.29, 0.717) is 16.3 Å². The van der Waals surface area contributed by atoms with Gasteiger partial charge in [0.05, 0.1) is 22.5 Å². The number of hydrogen-bond donors (Lipinski definition) is 6. The maximum atomic E-state index is 13.4. The molecule has 1 aromatic heterocycles. The molecule has 6 N–H and O–H groups in total. The number of esters is 1. The number of nitrogens with one attached hydrogen (secondary N) is 2. The summed E-state index contributed by atoms with van der Waals surface area (Å²) in [6.45, 7) is 3.54. The number of carboxylic acid groups (broad SMARTS) is 1. The highest BCUT2D eigenvalue weighted by molar-refractivity contribution is 6.08. The van der Waals surface area contributed by atoms with Crippen LogP contribution in [-0.4, -0.2) is 88.7 Å². The van der Waals surface area contributed by atoms with Crippen LogP contribution in [0.1, 0.15) is 22.7 Å². The quantitative estimate of drug-likeness (QED) is 0.0625. The molecule has 56 heavy (non-hydrogen) atoms. The van der Waals surface area contributed by atoms with Gasteiger partial charge in [-0.2, -0.15) is 9.90 Å². The molecular formula is C40H39N3O13. The summed E-state index contributed by atoms with van der Waals surface area (Å²) in [7, 11) is 1.40. The molecule has 3 aliphatic rings. The Bertz CT molecular complexity index is 2280. The minimum absolute atomic E-state index is 0.0336. The van der Waals surface area contributed by atoms with Crippen LogP contribution >= 0.6 is 0 Å². The zero-order valence-electron chi connectivity index (χ0n) is 30.3. The van der Waals surface area contributed by atoms with Crippen molar-refractivity contribution < 1.29 is 63.7 Å². The van der Waals surface area contributed by atoms with Crippen molar-refractivity contribution in [2.24, 2.45) is 10.9 Å². The Labute approximate surface area is 319 Å². The third kappa shape index (κ3) is 7.59. The number of quaternary nitrogens is 1. The zero-order chi connectivity index (χ0) is 39.8. The molecule has 0 radical (unpaired) electrons. The third-order valence-electron chi connectivity index (χ3n) is 9.72. The fourth-order valence-corrected chi connectivity index (χ4v) is 7.06. The first kappa shape index (κ1) is 38.6. The second-order valence-electron chi connectivity index (χ2n) is 13.8. The number of ether oxygens (including phenoxy) is 3. The van der Waals surface area contributed by atoms with Gasteiger partial charge in [-0.05, 0) is 68.9 Å². The molecular weight excluding hydrogens is 730 g/mol. The number of aliphatic imine (C=N–C) groups is 1. The average molecular weight is 770 g/mol. The fraction of sp³-hybridized carbons (Fsp3) is 0.300. The SMILES string of the molecule is CNC[C@@H](C(=O)[O-])C(=O)O[C@H](O)[C@@H]1O[C@H](Oc2ccc3c(=O)c(-c4ccc(O)cc4)coc3c2)[C@H](O[NH+]2C=C3C=CN=C3C2c2cc(C)cc(C)c2)[C@H](O)[C@H]1O. The number of phenols is 1. The van der Waals surface area contributed by atoms with Crippen LogP contribution in [0.3, 0.4) is 0 Å². The number of benzene rings is 3. The first-order valence-electron chi connectivity index (χ1n) is 17.7. The molecule has 16 nitrogen and oxygen atoms in total. The fourth-order valence-electron chi connectivity index (χ4n) is 7.06. The Kier molecular flexibility index (Phi) is 10.9. The van der Waals surface area contributed by atoms with Crippen LogP contribution in [0.4, 0.5) is 0 Å². The molecule has 292 valence electrons. The van der Waals surface area contributed by atoms with E-state index < -0.39 is 60.9 Å². The van der Waals surface area contributed by atoms with Crippen molar-refractivity contribution in [1.29, 1.82) is 0 Å². The van der Waals surface area contributed by atoms with Gasteiger partial charge in [0.2, 0.25) is 18.7 Å². The minimum atomic E-state index is -2.28. The van der Waals surface area contributed by atoms with E-state index in [2.05, 4.69) is 10.3 Å². The van der Waals surface area contributed by atoms with Crippen LogP contribution in [0.2, 0.25) is 0 Å². The smallest absolute Gasteiger partial charge is 0.318 e. The Morgan fingerprint density at radius 2 is 1.77 bits per heavy atom. The standard InChI is InChI=1S/C40H39N3O13/c1-19-12-20(2)14-23(13-19)31-30-22(10-11-42-30)17-43(31)56-36-34(47)33(46)35(39(51)55-38(50)27(16-41-3)37(48)49)54-40(36)53-25-8-9-26-29(15-25)52-18-28(32(26)45)21-4-6-24(44)7-5-21/h4-15,17-18,27,31,33-36,39-41,44,46-47,51H,16H2,1-3H3,(H,48,49)/t27-,31?,33+,34+,35+,36+,39-,40-/m0/s1. The normalized spacial score (nSPS) is 25.3. The second kappa shape index (κ2) is 15.8. The van der Waals surface area contributed by atoms with Crippen molar-refractivity contribution in [2.75, 3.05) is 13.6 Å². The number of carbonyl (C=O) groups is 2. The Morgan fingerprint density at radius 1 is 1.04 bits per heavy atom. The van der Waals surface area contributed by atoms with Gasteiger partial charge in [-0.25, -0.2) is 0 Å². The van der Waals surface area contributed by atoms with Gasteiger partial charge in [0.15, 0.2) is 17.6 Å². The minimum Gasteiger partial charge on any atom is -0.549 e. The van der Waals surface area contributed by atoms with Gasteiger partial charge in [-0.3, -0.25) is 14.6 Å². The number of fused-ring (bicyclic) bond motifs is 2. The molecule has 0 spiro atoms. The number of aliphatic hydroxyl groups excluding tert-OH is 3. The van der Waals surface area contributed by atoms with E-state index in [0.717, 1.165) is 22.3 Å². The summed E-state index contributed by atoms with van der Waals surface area (Å²) in [5, 5.41) is 58.2. The summed E-state index contributed by atoms with van der Waals surface area (Å²) in [4.78, 5) is 48.8. The first-order valence-corrected chi connectivity index (χ1v) is 17.7. The van der Waals surface area contributed by atoms with Crippen LogP contribution in [0.5, 0.6) is 11.5 Å². The van der Waals surface area contributed by atoms with Crippen LogP contribution in [-0.2, 0) is 23.9 Å². The lowest BCUT2D eigenvalue weighted by atomic mass is 9.97. The molecule has 3 aliphatic heterocycles. The van der Waals surface area contributed by atoms with Gasteiger partial charge in [0.25, 0.3) is 0 Å². The molecule has 9 atom stereocenters. The van der Waals surface area contributed by atoms with Crippen molar-refractivity contribution in [1.82, 2.24) is 5.32 Å². The molecule has 2 unspecified atom stereocenters. The van der Waals surface area contributed by atoms with Crippen LogP contribution in [0, 0.1) is 19.8 Å². The summed E-state index contributed by atoms with van der Waals surface area (Å²) < 4.78 is 23.0. The maximum absolute atomic E-state index is 13.4. The topological polar surface area (TPSA) is 234 Å². The summed E-state index contributed by atoms with van der Waals surface area (Å²) in [5.41, 5.74) is 4.86. The largest absolute Gasteiger partial charge is 0.549 e. The van der Waals surface area contributed by atoms with Crippen molar-refractivity contribution in [2.45, 2.75) is 56.9 Å². The Morgan fingerprint density at radius 3 is 2.46 bits per heavy atom. The summed E-state index contributed by atoms with van der Waals surface area (Å²) in [5.74, 6) is -4.86. The summed E-state index contributed by atoms with van der Waals surface area (Å²) in [6.07, 6.45) is -4.58. The van der Waals surface area contributed by atoms with Gasteiger partial charge in [0.1, 0.15) is 53.4 Å². The highest BCUT2D eigenvalue weighted by Gasteiger charge is 2.54. The maximum Gasteiger partial charge on any atom is 0.318 e. The number of nitrogens with zero attached hydrogens (tertiary/aromatic N) is 1. The number of carboxylic acids is 1. The number of hydroxylamine groups is 2. The molecule has 0 saturated carbocycles. The van der Waals surface area contributed by atoms with E-state index in [1.165, 1.54) is 43.6 Å². The van der Waals surface area contributed by atoms with Gasteiger partial charge in [-0.15, -0.1) is 0 Å². The van der Waals surface area contributed by atoms with E-state index in [1.54, 1.807) is 24.5 Å². The highest BCUT2D eigenvalue weighted by Crippen LogP contribution is 2.32. The first-order chi connectivity index (χ1) is 26.8. The van der Waals surface area contributed by atoms with E-state index in [-0.39, 0.29) is 40.0 Å². The number of carbonyl (C=O) groups excluding carboxylic acids is 2. The number of aliphatic hydroxyl groups is 3. The van der Waals surface area contributed by atoms with Gasteiger partial charge in [-0.1, -0.05) is 29.3 Å². The van der Waals surface area contributed by atoms with Crippen LogP contribution in [0.25, 0.3) is 22.1 Å². The lowest BCUT2D eigenvalue weighted by Crippen LogP contribution is -3.07. The van der Waals surface area contributed by atoms with Gasteiger partial charge in [0, 0.05) is 24.4 Å². The summed E-state index contributed by atoms with van der Waals surface area (Å²) >= 11 is 0. The molecule has 1 fully saturated rings. The van der Waals surface area contributed by atoms with Crippen LogP contribution < -0.4 is 25.7 Å². The van der Waals surface area contributed by atoms with Crippen molar-refractivity contribution >= 4 is 28.6 Å². The van der Waals surface area contributed by atoms with E-state index in [9.17, 15) is 39.9 Å². The zero-order valence-corrected chi connectivity index (χ0v) is 30.3. The summed E-state index contributed by atoms with van der Waals surface area (Å²) in [6, 6.07) is 15.8. The second-order valence-corrected chi connectivity index (χ2v) is 13.8. The number of aryl methyl sites for hydroxylation is 2. The molecule has 1 saturated heterocycles. The lowest BCUT2D eigenvalue weighted by molar-refractivity contribution is -1.07. The highest BCUT2D eigenvalue weighted by atomic mass is 16.8. The monoisotopic (exact) mass is 769 g/mol. The average Bonchev–Trinajstić information content (AvgIpc) is 3.74. The van der Waals surface area contributed by atoms with Gasteiger partial charge < -0.3 is 54.3 Å². The molecule has 4 aromatic rings. The third-order valence-corrected chi connectivity index (χ3v) is 9.72. The van der Waals surface area contributed by atoms with Crippen molar-refractivity contribution in [3.05, 3.63) is 118 Å². The predicted molar refractivity (Wildman–Crippen MR) is 195 cm³/mol. The molecule has 7 rings (SSSR count). The van der Waals surface area contributed by atoms with Crippen molar-refractivity contribution in [3.63, 3.8) is 0 Å². The number of rotatable bonds is 12. The van der Waals surface area contributed by atoms with E-state index in [1.807, 2.05) is 38.1 Å². The molecule has 3 aromatic carbocycles. The van der Waals surface area contributed by atoms with Crippen molar-refractivity contribution in [3.8, 4) is 22.6 Å². The number of aromatic hydroxyl groups is 1. The number of hydrogen-bond acceptors (Lipinski definition) is 15. The number of allylic oxidation sites excluding steroid dienone is 1. The lowest BCUT2D eigenvalue weighted by Gasteiger charge is -2.42. The molecule has 16 heteroatoms. The Hall–Kier alpha value is -5.72. The van der Waals surface area contributed by atoms with Gasteiger partial charge >= 0.3 is 5.97 Å². The Balaban J connectivity index is 1.21. The molecule has 0 aliphatic carbocycles. The number of phenolic OH excluding ortho intramolecular Hbond substituents is 1. The molecule has 4 heterocycles. The molecule has 0 bridgehead atoms. The van der Waals surface area contributed by atoms with E-state index >= 15 is 0 Å². The van der Waals surface area contributed by atoms with E-state index in [4.69, 9.17) is 23.5 Å².